The second-order valence-electron chi connectivity index (χ2n) is 5.08. The van der Waals surface area contributed by atoms with Gasteiger partial charge in [-0.3, -0.25) is 4.79 Å². The summed E-state index contributed by atoms with van der Waals surface area (Å²) >= 11 is 2.92. The second kappa shape index (κ2) is 6.14. The van der Waals surface area contributed by atoms with E-state index in [0.717, 1.165) is 33.5 Å². The van der Waals surface area contributed by atoms with Gasteiger partial charge >= 0.3 is 0 Å². The summed E-state index contributed by atoms with van der Waals surface area (Å²) in [5.41, 5.74) is 1.75. The number of rotatable bonds is 4. The molecule has 0 radical (unpaired) electrons. The first-order valence-electron chi connectivity index (χ1n) is 7.41. The molecule has 0 atom stereocenters. The van der Waals surface area contributed by atoms with Crippen LogP contribution >= 0.6 is 22.7 Å². The van der Waals surface area contributed by atoms with Gasteiger partial charge in [0.2, 0.25) is 4.96 Å². The highest BCUT2D eigenvalue weighted by Crippen LogP contribution is 2.26. The Morgan fingerprint density at radius 1 is 1.21 bits per heavy atom. The van der Waals surface area contributed by atoms with Gasteiger partial charge in [0, 0.05) is 17.7 Å². The van der Waals surface area contributed by atoms with E-state index in [-0.39, 0.29) is 5.91 Å². The maximum atomic E-state index is 12.1. The smallest absolute Gasteiger partial charge is 0.265 e. The molecule has 1 aromatic carbocycles. The molecular formula is C16H13N5OS2. The van der Waals surface area contributed by atoms with Gasteiger partial charge in [0.05, 0.1) is 4.88 Å². The highest BCUT2D eigenvalue weighted by molar-refractivity contribution is 7.19. The average Bonchev–Trinajstić information content (AvgIpc) is 3.32. The van der Waals surface area contributed by atoms with Gasteiger partial charge in [-0.05, 0) is 35.7 Å². The number of nitrogens with one attached hydrogen (secondary N) is 1. The van der Waals surface area contributed by atoms with Crippen LogP contribution in [0.4, 0.5) is 5.69 Å². The lowest BCUT2D eigenvalue weighted by molar-refractivity contribution is 0.103. The fourth-order valence-electron chi connectivity index (χ4n) is 2.29. The Balaban J connectivity index is 1.56. The minimum absolute atomic E-state index is 0.0934. The Kier molecular flexibility index (Phi) is 3.83. The van der Waals surface area contributed by atoms with Gasteiger partial charge in [-0.15, -0.1) is 21.5 Å². The van der Waals surface area contributed by atoms with E-state index in [1.54, 1.807) is 10.6 Å². The lowest BCUT2D eigenvalue weighted by Gasteiger charge is -2.04. The van der Waals surface area contributed by atoms with Crippen LogP contribution in [0.25, 0.3) is 15.5 Å². The highest BCUT2D eigenvalue weighted by atomic mass is 32.1. The van der Waals surface area contributed by atoms with E-state index in [1.165, 1.54) is 22.7 Å². The average molecular weight is 355 g/mol. The summed E-state index contributed by atoms with van der Waals surface area (Å²) in [6.07, 6.45) is 0.790. The Bertz CT molecular complexity index is 986. The molecule has 0 spiro atoms. The van der Waals surface area contributed by atoms with Gasteiger partial charge < -0.3 is 5.32 Å². The molecule has 3 aromatic heterocycles. The van der Waals surface area contributed by atoms with Crippen LogP contribution in [0, 0.1) is 0 Å². The van der Waals surface area contributed by atoms with E-state index in [4.69, 9.17) is 0 Å². The number of hydrogen-bond acceptors (Lipinski definition) is 6. The highest BCUT2D eigenvalue weighted by Gasteiger charge is 2.12. The van der Waals surface area contributed by atoms with Crippen molar-refractivity contribution >= 4 is 39.2 Å². The van der Waals surface area contributed by atoms with Crippen molar-refractivity contribution < 1.29 is 4.79 Å². The maximum absolute atomic E-state index is 12.1. The van der Waals surface area contributed by atoms with Crippen molar-refractivity contribution in [3.8, 4) is 10.6 Å². The summed E-state index contributed by atoms with van der Waals surface area (Å²) in [6.45, 7) is 2.03. The number of hydrogen-bond donors (Lipinski definition) is 1. The number of nitrogens with zero attached hydrogens (tertiary/aromatic N) is 4. The number of amides is 1. The molecule has 0 saturated carbocycles. The van der Waals surface area contributed by atoms with Crippen LogP contribution in [0.5, 0.6) is 0 Å². The van der Waals surface area contributed by atoms with Gasteiger partial charge in [0.25, 0.3) is 5.91 Å². The van der Waals surface area contributed by atoms with Crippen LogP contribution < -0.4 is 5.32 Å². The predicted molar refractivity (Wildman–Crippen MR) is 95.7 cm³/mol. The topological polar surface area (TPSA) is 72.2 Å². The first-order chi connectivity index (χ1) is 11.7. The molecule has 0 aliphatic carbocycles. The molecule has 0 bridgehead atoms. The van der Waals surface area contributed by atoms with E-state index < -0.39 is 0 Å². The summed E-state index contributed by atoms with van der Waals surface area (Å²) in [5.74, 6) is 0.761. The summed E-state index contributed by atoms with van der Waals surface area (Å²) in [5, 5.41) is 18.5. The van der Waals surface area contributed by atoms with E-state index in [2.05, 4.69) is 20.6 Å². The lowest BCUT2D eigenvalue weighted by Crippen LogP contribution is -2.09. The SMILES string of the molecule is CCc1nnc2sc(-c3ccc(NC(=O)c4cccs4)cc3)nn12. The molecule has 24 heavy (non-hydrogen) atoms. The van der Waals surface area contributed by atoms with Gasteiger partial charge in [0.1, 0.15) is 5.01 Å². The van der Waals surface area contributed by atoms with Crippen LogP contribution in [0.15, 0.2) is 41.8 Å². The van der Waals surface area contributed by atoms with Crippen LogP contribution in [-0.2, 0) is 6.42 Å². The van der Waals surface area contributed by atoms with Crippen molar-refractivity contribution in [3.05, 3.63) is 52.5 Å². The van der Waals surface area contributed by atoms with Crippen molar-refractivity contribution in [1.29, 1.82) is 0 Å². The predicted octanol–water partition coefficient (Wildman–Crippen LogP) is 3.73. The third-order valence-corrected chi connectivity index (χ3v) is 5.32. The molecule has 0 aliphatic heterocycles. The fraction of sp³-hybridized carbons (Fsp3) is 0.125. The Hall–Kier alpha value is -2.58. The van der Waals surface area contributed by atoms with Crippen LogP contribution in [-0.4, -0.2) is 25.7 Å². The molecule has 4 rings (SSSR count). The molecular weight excluding hydrogens is 342 g/mol. The first-order valence-corrected chi connectivity index (χ1v) is 9.10. The molecule has 1 amide bonds. The first kappa shape index (κ1) is 15.0. The maximum Gasteiger partial charge on any atom is 0.265 e. The number of benzene rings is 1. The fourth-order valence-corrected chi connectivity index (χ4v) is 3.77. The summed E-state index contributed by atoms with van der Waals surface area (Å²) in [6, 6.07) is 11.3. The van der Waals surface area contributed by atoms with Crippen LogP contribution in [0.3, 0.4) is 0 Å². The van der Waals surface area contributed by atoms with Gasteiger partial charge in [-0.1, -0.05) is 24.3 Å². The third kappa shape index (κ3) is 2.70. The largest absolute Gasteiger partial charge is 0.321 e. The van der Waals surface area contributed by atoms with Crippen molar-refractivity contribution in [2.45, 2.75) is 13.3 Å². The molecule has 6 nitrogen and oxygen atoms in total. The number of thiophene rings is 1. The number of aromatic nitrogens is 4. The zero-order valence-electron chi connectivity index (χ0n) is 12.8. The van der Waals surface area contributed by atoms with Gasteiger partial charge in [-0.2, -0.15) is 9.61 Å². The second-order valence-corrected chi connectivity index (χ2v) is 6.98. The summed E-state index contributed by atoms with van der Waals surface area (Å²) in [4.78, 5) is 13.5. The summed E-state index contributed by atoms with van der Waals surface area (Å²) < 4.78 is 1.78. The van der Waals surface area contributed by atoms with E-state index >= 15 is 0 Å². The lowest BCUT2D eigenvalue weighted by atomic mass is 10.2. The minimum Gasteiger partial charge on any atom is -0.321 e. The van der Waals surface area contributed by atoms with Crippen molar-refractivity contribution in [2.24, 2.45) is 0 Å². The Morgan fingerprint density at radius 2 is 2.04 bits per heavy atom. The van der Waals surface area contributed by atoms with Gasteiger partial charge in [-0.25, -0.2) is 0 Å². The van der Waals surface area contributed by atoms with Crippen LogP contribution in [0.2, 0.25) is 0 Å². The molecule has 120 valence electrons. The standard InChI is InChI=1S/C16H13N5OS2/c1-2-13-18-19-16-21(13)20-15(24-16)10-5-7-11(8-6-10)17-14(22)12-4-3-9-23-12/h3-9H,2H2,1H3,(H,17,22). The Morgan fingerprint density at radius 3 is 2.75 bits per heavy atom. The number of carbonyl (C=O) groups excluding carboxylic acids is 1. The number of anilines is 1. The molecule has 0 saturated heterocycles. The zero-order valence-corrected chi connectivity index (χ0v) is 14.4. The molecule has 0 unspecified atom stereocenters. The molecule has 0 fully saturated rings. The van der Waals surface area contributed by atoms with E-state index in [0.29, 0.717) is 4.88 Å². The van der Waals surface area contributed by atoms with Crippen molar-refractivity contribution in [1.82, 2.24) is 19.8 Å². The molecule has 4 aromatic rings. The number of fused-ring (bicyclic) bond motifs is 1. The number of aryl methyl sites for hydroxylation is 1. The van der Waals surface area contributed by atoms with Crippen LogP contribution in [0.1, 0.15) is 22.4 Å². The molecule has 1 N–H and O–H groups in total. The normalized spacial score (nSPS) is 11.0. The summed E-state index contributed by atoms with van der Waals surface area (Å²) in [7, 11) is 0. The Labute approximate surface area is 145 Å². The van der Waals surface area contributed by atoms with E-state index in [1.807, 2.05) is 42.6 Å². The zero-order chi connectivity index (χ0) is 16.5. The van der Waals surface area contributed by atoms with Gasteiger partial charge in [0.15, 0.2) is 5.82 Å². The van der Waals surface area contributed by atoms with Crippen molar-refractivity contribution in [2.75, 3.05) is 5.32 Å². The number of carbonyl (C=O) groups is 1. The van der Waals surface area contributed by atoms with Crippen molar-refractivity contribution in [3.63, 3.8) is 0 Å². The molecule has 8 heteroatoms. The molecule has 3 heterocycles. The minimum atomic E-state index is -0.0934. The third-order valence-electron chi connectivity index (χ3n) is 3.51. The quantitative estimate of drug-likeness (QED) is 0.605. The monoisotopic (exact) mass is 355 g/mol. The van der Waals surface area contributed by atoms with E-state index in [9.17, 15) is 4.79 Å². The molecule has 0 aliphatic rings.